The number of benzene rings is 2. The molecule has 2 N–H and O–H groups in total. The molecule has 0 heterocycles. The molecule has 0 aliphatic carbocycles. The fourth-order valence-corrected chi connectivity index (χ4v) is 1.89. The Morgan fingerprint density at radius 2 is 1.81 bits per heavy atom. The summed E-state index contributed by atoms with van der Waals surface area (Å²) in [5.41, 5.74) is 11.3. The molecule has 0 saturated carbocycles. The summed E-state index contributed by atoms with van der Waals surface area (Å²) < 4.78 is 0. The summed E-state index contributed by atoms with van der Waals surface area (Å²) in [5.74, 6) is 0. The molecule has 0 aliphatic heterocycles. The lowest BCUT2D eigenvalue weighted by atomic mass is 9.97. The predicted octanol–water partition coefficient (Wildman–Crippen LogP) is 4.21. The van der Waals surface area contributed by atoms with Crippen molar-refractivity contribution in [3.05, 3.63) is 52.5 Å². The minimum atomic E-state index is 0.606. The third kappa shape index (κ3) is 1.91. The first-order valence-corrected chi connectivity index (χ1v) is 5.59. The van der Waals surface area contributed by atoms with E-state index in [4.69, 9.17) is 17.3 Å². The Morgan fingerprint density at radius 3 is 2.50 bits per heavy atom. The third-order valence-electron chi connectivity index (χ3n) is 2.91. The number of nitrogens with two attached hydrogens (primary N) is 1. The summed E-state index contributed by atoms with van der Waals surface area (Å²) in [6, 6.07) is 12.0. The van der Waals surface area contributed by atoms with Gasteiger partial charge in [-0.3, -0.25) is 0 Å². The van der Waals surface area contributed by atoms with Gasteiger partial charge < -0.3 is 5.73 Å². The van der Waals surface area contributed by atoms with E-state index in [-0.39, 0.29) is 0 Å². The van der Waals surface area contributed by atoms with Gasteiger partial charge >= 0.3 is 0 Å². The van der Waals surface area contributed by atoms with Crippen LogP contribution in [0, 0.1) is 13.8 Å². The van der Waals surface area contributed by atoms with E-state index in [1.165, 1.54) is 16.7 Å². The monoisotopic (exact) mass is 231 g/mol. The van der Waals surface area contributed by atoms with Crippen LogP contribution in [-0.4, -0.2) is 0 Å². The van der Waals surface area contributed by atoms with Gasteiger partial charge in [-0.05, 0) is 48.2 Å². The molecule has 0 radical (unpaired) electrons. The van der Waals surface area contributed by atoms with Crippen molar-refractivity contribution in [1.82, 2.24) is 0 Å². The Kier molecular flexibility index (Phi) is 2.88. The van der Waals surface area contributed by atoms with Crippen LogP contribution < -0.4 is 5.73 Å². The molecule has 0 bridgehead atoms. The molecule has 0 amide bonds. The maximum atomic E-state index is 5.91. The SMILES string of the molecule is Cc1cccc(-c2ccc(Cl)c(N)c2)c1C. The predicted molar refractivity (Wildman–Crippen MR) is 70.8 cm³/mol. The lowest BCUT2D eigenvalue weighted by Gasteiger charge is -2.09. The Balaban J connectivity index is 2.59. The molecule has 0 spiro atoms. The summed E-state index contributed by atoms with van der Waals surface area (Å²) in [4.78, 5) is 0. The molecular formula is C14H14ClN. The van der Waals surface area contributed by atoms with E-state index in [0.717, 1.165) is 5.56 Å². The lowest BCUT2D eigenvalue weighted by Crippen LogP contribution is -1.90. The number of rotatable bonds is 1. The second-order valence-electron chi connectivity index (χ2n) is 3.98. The van der Waals surface area contributed by atoms with E-state index in [0.29, 0.717) is 10.7 Å². The maximum Gasteiger partial charge on any atom is 0.0635 e. The van der Waals surface area contributed by atoms with Crippen LogP contribution in [0.1, 0.15) is 11.1 Å². The van der Waals surface area contributed by atoms with Gasteiger partial charge in [-0.2, -0.15) is 0 Å². The third-order valence-corrected chi connectivity index (χ3v) is 3.26. The fourth-order valence-electron chi connectivity index (χ4n) is 1.78. The van der Waals surface area contributed by atoms with Crippen molar-refractivity contribution in [3.63, 3.8) is 0 Å². The molecule has 0 atom stereocenters. The zero-order chi connectivity index (χ0) is 11.7. The molecule has 1 nitrogen and oxygen atoms in total. The van der Waals surface area contributed by atoms with Crippen molar-refractivity contribution in [1.29, 1.82) is 0 Å². The minimum Gasteiger partial charge on any atom is -0.398 e. The number of nitrogen functional groups attached to an aromatic ring is 1. The molecule has 0 aliphatic rings. The van der Waals surface area contributed by atoms with Gasteiger partial charge in [0.1, 0.15) is 0 Å². The molecule has 2 aromatic carbocycles. The first-order valence-electron chi connectivity index (χ1n) is 5.21. The van der Waals surface area contributed by atoms with Crippen molar-refractivity contribution in [2.75, 3.05) is 5.73 Å². The zero-order valence-electron chi connectivity index (χ0n) is 9.42. The topological polar surface area (TPSA) is 26.0 Å². The van der Waals surface area contributed by atoms with Crippen molar-refractivity contribution in [2.24, 2.45) is 0 Å². The highest BCUT2D eigenvalue weighted by Gasteiger charge is 2.05. The van der Waals surface area contributed by atoms with Gasteiger partial charge in [0.2, 0.25) is 0 Å². The Hall–Kier alpha value is -1.47. The highest BCUT2D eigenvalue weighted by Crippen LogP contribution is 2.29. The average Bonchev–Trinajstić information content (AvgIpc) is 2.26. The average molecular weight is 232 g/mol. The van der Waals surface area contributed by atoms with Gasteiger partial charge in [-0.1, -0.05) is 35.9 Å². The summed E-state index contributed by atoms with van der Waals surface area (Å²) in [7, 11) is 0. The zero-order valence-corrected chi connectivity index (χ0v) is 10.2. The van der Waals surface area contributed by atoms with Gasteiger partial charge in [0.15, 0.2) is 0 Å². The number of hydrogen-bond acceptors (Lipinski definition) is 1. The van der Waals surface area contributed by atoms with Crippen molar-refractivity contribution < 1.29 is 0 Å². The first-order chi connectivity index (χ1) is 7.59. The lowest BCUT2D eigenvalue weighted by molar-refractivity contribution is 1.34. The largest absolute Gasteiger partial charge is 0.398 e. The van der Waals surface area contributed by atoms with E-state index >= 15 is 0 Å². The van der Waals surface area contributed by atoms with Crippen molar-refractivity contribution in [2.45, 2.75) is 13.8 Å². The molecule has 2 aromatic rings. The van der Waals surface area contributed by atoms with Gasteiger partial charge in [0.05, 0.1) is 10.7 Å². The highest BCUT2D eigenvalue weighted by molar-refractivity contribution is 6.33. The normalized spacial score (nSPS) is 10.4. The second-order valence-corrected chi connectivity index (χ2v) is 4.39. The van der Waals surface area contributed by atoms with Crippen molar-refractivity contribution >= 4 is 17.3 Å². The number of aryl methyl sites for hydroxylation is 1. The van der Waals surface area contributed by atoms with Crippen LogP contribution in [0.25, 0.3) is 11.1 Å². The van der Waals surface area contributed by atoms with Crippen LogP contribution in [0.2, 0.25) is 5.02 Å². The summed E-state index contributed by atoms with van der Waals surface area (Å²) >= 11 is 5.91. The molecule has 0 fully saturated rings. The molecule has 2 rings (SSSR count). The maximum absolute atomic E-state index is 5.91. The molecule has 0 unspecified atom stereocenters. The van der Waals surface area contributed by atoms with Gasteiger partial charge in [-0.15, -0.1) is 0 Å². The minimum absolute atomic E-state index is 0.606. The van der Waals surface area contributed by atoms with Gasteiger partial charge in [0.25, 0.3) is 0 Å². The number of halogens is 1. The van der Waals surface area contributed by atoms with Crippen LogP contribution in [-0.2, 0) is 0 Å². The van der Waals surface area contributed by atoms with Crippen LogP contribution in [0.3, 0.4) is 0 Å². The summed E-state index contributed by atoms with van der Waals surface area (Å²) in [6.45, 7) is 4.23. The van der Waals surface area contributed by atoms with Gasteiger partial charge in [-0.25, -0.2) is 0 Å². The standard InChI is InChI=1S/C14H14ClN/c1-9-4-3-5-12(10(9)2)11-6-7-13(15)14(16)8-11/h3-8H,16H2,1-2H3. The Labute approximate surface area is 101 Å². The van der Waals surface area contributed by atoms with Crippen LogP contribution in [0.5, 0.6) is 0 Å². The summed E-state index contributed by atoms with van der Waals surface area (Å²) in [6.07, 6.45) is 0. The molecule has 16 heavy (non-hydrogen) atoms. The van der Waals surface area contributed by atoms with E-state index < -0.39 is 0 Å². The number of hydrogen-bond donors (Lipinski definition) is 1. The van der Waals surface area contributed by atoms with Crippen LogP contribution >= 0.6 is 11.6 Å². The Morgan fingerprint density at radius 1 is 1.06 bits per heavy atom. The Bertz CT molecular complexity index is 532. The van der Waals surface area contributed by atoms with E-state index in [1.54, 1.807) is 0 Å². The summed E-state index contributed by atoms with van der Waals surface area (Å²) in [5, 5.41) is 0.606. The van der Waals surface area contributed by atoms with Crippen LogP contribution in [0.15, 0.2) is 36.4 Å². The first kappa shape index (κ1) is 11.0. The van der Waals surface area contributed by atoms with Crippen molar-refractivity contribution in [3.8, 4) is 11.1 Å². The molecule has 2 heteroatoms. The highest BCUT2D eigenvalue weighted by atomic mass is 35.5. The van der Waals surface area contributed by atoms with Gasteiger partial charge in [0, 0.05) is 0 Å². The number of anilines is 1. The fraction of sp³-hybridized carbons (Fsp3) is 0.143. The molecule has 82 valence electrons. The van der Waals surface area contributed by atoms with E-state index in [2.05, 4.69) is 32.0 Å². The molecule has 0 saturated heterocycles. The molecule has 0 aromatic heterocycles. The van der Waals surface area contributed by atoms with Crippen LogP contribution in [0.4, 0.5) is 5.69 Å². The van der Waals surface area contributed by atoms with E-state index in [1.807, 2.05) is 18.2 Å². The second kappa shape index (κ2) is 4.18. The molecular weight excluding hydrogens is 218 g/mol. The van der Waals surface area contributed by atoms with E-state index in [9.17, 15) is 0 Å². The quantitative estimate of drug-likeness (QED) is 0.732. The smallest absolute Gasteiger partial charge is 0.0635 e.